The molecule has 0 aliphatic heterocycles. The van der Waals surface area contributed by atoms with Crippen molar-refractivity contribution in [3.63, 3.8) is 0 Å². The molecule has 0 atom stereocenters. The second-order valence-electron chi connectivity index (χ2n) is 6.07. The van der Waals surface area contributed by atoms with Crippen molar-refractivity contribution in [1.82, 2.24) is 4.98 Å². The number of aryl methyl sites for hydroxylation is 1. The number of aromatic nitrogens is 1. The molecule has 7 heteroatoms. The van der Waals surface area contributed by atoms with Crippen molar-refractivity contribution in [3.05, 3.63) is 48.0 Å². The maximum atomic E-state index is 12.4. The van der Waals surface area contributed by atoms with Crippen molar-refractivity contribution in [1.29, 1.82) is 0 Å². The molecule has 0 saturated carbocycles. The lowest BCUT2D eigenvalue weighted by Crippen LogP contribution is -2.15. The molecule has 1 N–H and O–H groups in total. The van der Waals surface area contributed by atoms with Crippen LogP contribution >= 0.6 is 11.8 Å². The summed E-state index contributed by atoms with van der Waals surface area (Å²) in [4.78, 5) is 17.1. The molecule has 1 amide bonds. The highest BCUT2D eigenvalue weighted by atomic mass is 32.2. The van der Waals surface area contributed by atoms with Gasteiger partial charge in [0.1, 0.15) is 22.3 Å². The van der Waals surface area contributed by atoms with E-state index >= 15 is 0 Å². The van der Waals surface area contributed by atoms with E-state index in [2.05, 4.69) is 16.4 Å². The molecular weight excluding hydrogens is 376 g/mol. The lowest BCUT2D eigenvalue weighted by Gasteiger charge is -2.12. The number of amides is 1. The zero-order valence-electron chi connectivity index (χ0n) is 16.2. The maximum Gasteiger partial charge on any atom is 0.234 e. The zero-order chi connectivity index (χ0) is 20.1. The first kappa shape index (κ1) is 19.8. The number of pyridine rings is 1. The van der Waals surface area contributed by atoms with Crippen LogP contribution in [0.2, 0.25) is 0 Å². The van der Waals surface area contributed by atoms with Gasteiger partial charge in [-0.15, -0.1) is 0 Å². The van der Waals surface area contributed by atoms with Crippen LogP contribution in [0.3, 0.4) is 0 Å². The van der Waals surface area contributed by atoms with Crippen LogP contribution in [0, 0.1) is 6.92 Å². The van der Waals surface area contributed by atoms with Gasteiger partial charge in [-0.25, -0.2) is 4.98 Å². The molecule has 28 heavy (non-hydrogen) atoms. The molecule has 1 aromatic heterocycles. The SMILES string of the molecule is COc1ccc(NC(=O)CSc2nc3ccc(OC)cc3cc2C)c(OC)c1. The highest BCUT2D eigenvalue weighted by molar-refractivity contribution is 8.00. The molecule has 0 unspecified atom stereocenters. The third-order valence-corrected chi connectivity index (χ3v) is 5.28. The summed E-state index contributed by atoms with van der Waals surface area (Å²) < 4.78 is 15.7. The van der Waals surface area contributed by atoms with Gasteiger partial charge in [-0.2, -0.15) is 0 Å². The lowest BCUT2D eigenvalue weighted by atomic mass is 10.1. The fourth-order valence-corrected chi connectivity index (χ4v) is 3.53. The smallest absolute Gasteiger partial charge is 0.234 e. The Morgan fingerprint density at radius 1 is 1.00 bits per heavy atom. The van der Waals surface area contributed by atoms with Crippen LogP contribution in [-0.4, -0.2) is 38.0 Å². The summed E-state index contributed by atoms with van der Waals surface area (Å²) in [5, 5.41) is 4.71. The highest BCUT2D eigenvalue weighted by Crippen LogP contribution is 2.30. The van der Waals surface area contributed by atoms with Crippen molar-refractivity contribution in [3.8, 4) is 17.2 Å². The maximum absolute atomic E-state index is 12.4. The van der Waals surface area contributed by atoms with Gasteiger partial charge in [-0.3, -0.25) is 4.79 Å². The molecule has 3 rings (SSSR count). The third-order valence-electron chi connectivity index (χ3n) is 4.19. The minimum absolute atomic E-state index is 0.135. The molecule has 146 valence electrons. The Bertz CT molecular complexity index is 1010. The van der Waals surface area contributed by atoms with Gasteiger partial charge in [0.15, 0.2) is 0 Å². The largest absolute Gasteiger partial charge is 0.497 e. The summed E-state index contributed by atoms with van der Waals surface area (Å²) in [5.41, 5.74) is 2.48. The summed E-state index contributed by atoms with van der Waals surface area (Å²) in [5.74, 6) is 2.11. The van der Waals surface area contributed by atoms with E-state index in [0.29, 0.717) is 17.2 Å². The van der Waals surface area contributed by atoms with Gasteiger partial charge in [-0.05, 0) is 48.9 Å². The monoisotopic (exact) mass is 398 g/mol. The normalized spacial score (nSPS) is 10.6. The van der Waals surface area contributed by atoms with Crippen molar-refractivity contribution in [2.75, 3.05) is 32.4 Å². The van der Waals surface area contributed by atoms with E-state index in [9.17, 15) is 4.79 Å². The molecule has 6 nitrogen and oxygen atoms in total. The summed E-state index contributed by atoms with van der Waals surface area (Å²) in [6, 6.07) is 13.1. The van der Waals surface area contributed by atoms with Crippen LogP contribution in [0.15, 0.2) is 47.5 Å². The second kappa shape index (κ2) is 8.84. The van der Waals surface area contributed by atoms with Gasteiger partial charge in [-0.1, -0.05) is 11.8 Å². The van der Waals surface area contributed by atoms with E-state index in [1.54, 1.807) is 39.5 Å². The molecule has 0 radical (unpaired) electrons. The first-order chi connectivity index (χ1) is 13.5. The quantitative estimate of drug-likeness (QED) is 0.599. The molecule has 1 heterocycles. The van der Waals surface area contributed by atoms with Crippen molar-refractivity contribution >= 4 is 34.3 Å². The van der Waals surface area contributed by atoms with E-state index in [1.165, 1.54) is 11.8 Å². The number of hydrogen-bond acceptors (Lipinski definition) is 6. The van der Waals surface area contributed by atoms with Crippen LogP contribution < -0.4 is 19.5 Å². The van der Waals surface area contributed by atoms with Gasteiger partial charge in [0.2, 0.25) is 5.91 Å². The molecule has 0 bridgehead atoms. The number of thioether (sulfide) groups is 1. The summed E-state index contributed by atoms with van der Waals surface area (Å²) in [6.45, 7) is 1.98. The van der Waals surface area contributed by atoms with E-state index in [-0.39, 0.29) is 11.7 Å². The number of anilines is 1. The Kier molecular flexibility index (Phi) is 6.26. The zero-order valence-corrected chi connectivity index (χ0v) is 17.1. The van der Waals surface area contributed by atoms with Gasteiger partial charge in [0.05, 0.1) is 38.3 Å². The van der Waals surface area contributed by atoms with Crippen molar-refractivity contribution in [2.24, 2.45) is 0 Å². The second-order valence-corrected chi connectivity index (χ2v) is 7.04. The van der Waals surface area contributed by atoms with E-state index in [4.69, 9.17) is 14.2 Å². The van der Waals surface area contributed by atoms with Gasteiger partial charge < -0.3 is 19.5 Å². The van der Waals surface area contributed by atoms with E-state index < -0.39 is 0 Å². The average Bonchev–Trinajstić information content (AvgIpc) is 2.72. The minimum atomic E-state index is -0.135. The van der Waals surface area contributed by atoms with Gasteiger partial charge in [0, 0.05) is 11.5 Å². The number of benzene rings is 2. The number of rotatable bonds is 7. The Labute approximate surface area is 168 Å². The predicted molar refractivity (Wildman–Crippen MR) is 112 cm³/mol. The number of carbonyl (C=O) groups excluding carboxylic acids is 1. The van der Waals surface area contributed by atoms with Gasteiger partial charge in [0.25, 0.3) is 0 Å². The molecule has 0 fully saturated rings. The number of hydrogen-bond donors (Lipinski definition) is 1. The Morgan fingerprint density at radius 3 is 2.43 bits per heavy atom. The number of carbonyl (C=O) groups is 1. The number of nitrogens with one attached hydrogen (secondary N) is 1. The van der Waals surface area contributed by atoms with Crippen LogP contribution in [0.5, 0.6) is 17.2 Å². The van der Waals surface area contributed by atoms with Crippen LogP contribution in [0.4, 0.5) is 5.69 Å². The topological polar surface area (TPSA) is 69.7 Å². The van der Waals surface area contributed by atoms with Crippen LogP contribution in [-0.2, 0) is 4.79 Å². The summed E-state index contributed by atoms with van der Waals surface area (Å²) in [7, 11) is 4.78. The first-order valence-electron chi connectivity index (χ1n) is 8.64. The number of methoxy groups -OCH3 is 3. The Morgan fingerprint density at radius 2 is 1.71 bits per heavy atom. The molecular formula is C21H22N2O4S. The summed E-state index contributed by atoms with van der Waals surface area (Å²) >= 11 is 1.40. The van der Waals surface area contributed by atoms with Crippen molar-refractivity contribution in [2.45, 2.75) is 11.9 Å². The highest BCUT2D eigenvalue weighted by Gasteiger charge is 2.12. The molecule has 0 aliphatic rings. The fourth-order valence-electron chi connectivity index (χ4n) is 2.74. The average molecular weight is 398 g/mol. The standard InChI is InChI=1S/C21H22N2O4S/c1-13-9-14-10-15(25-2)5-7-17(14)23-21(13)28-12-20(24)22-18-8-6-16(26-3)11-19(18)27-4/h5-11H,12H2,1-4H3,(H,22,24). The minimum Gasteiger partial charge on any atom is -0.497 e. The molecule has 2 aromatic carbocycles. The Balaban J connectivity index is 1.70. The molecule has 0 saturated heterocycles. The molecule has 0 spiro atoms. The summed E-state index contributed by atoms with van der Waals surface area (Å²) in [6.07, 6.45) is 0. The molecule has 3 aromatic rings. The number of fused-ring (bicyclic) bond motifs is 1. The number of ether oxygens (including phenoxy) is 3. The third kappa shape index (κ3) is 4.48. The fraction of sp³-hybridized carbons (Fsp3) is 0.238. The van der Waals surface area contributed by atoms with Crippen molar-refractivity contribution < 1.29 is 19.0 Å². The predicted octanol–water partition coefficient (Wildman–Crippen LogP) is 4.30. The number of nitrogens with zero attached hydrogens (tertiary/aromatic N) is 1. The van der Waals surface area contributed by atoms with Crippen LogP contribution in [0.1, 0.15) is 5.56 Å². The van der Waals surface area contributed by atoms with Crippen LogP contribution in [0.25, 0.3) is 10.9 Å². The van der Waals surface area contributed by atoms with Gasteiger partial charge >= 0.3 is 0 Å². The Hall–Kier alpha value is -2.93. The molecule has 0 aliphatic carbocycles. The van der Waals surface area contributed by atoms with E-state index in [0.717, 1.165) is 27.2 Å². The van der Waals surface area contributed by atoms with E-state index in [1.807, 2.05) is 25.1 Å². The first-order valence-corrected chi connectivity index (χ1v) is 9.62. The lowest BCUT2D eigenvalue weighted by molar-refractivity contribution is -0.113.